The molecule has 1 aliphatic rings. The standard InChI is InChI=1S/C33H35N3O/c37-32(36(30-17-9-3-10-18-30)31-19-11-4-12-20-31)26-34-25-27-21-23-35(24-22-27)33(28-13-5-1-6-14-28)29-15-7-2-8-16-29/h1-20,27,33-34H,21-26H2. The first-order valence-corrected chi connectivity index (χ1v) is 13.3. The molecular formula is C33H35N3O. The van der Waals surface area contributed by atoms with Gasteiger partial charge in [-0.05, 0) is 73.8 Å². The summed E-state index contributed by atoms with van der Waals surface area (Å²) < 4.78 is 0. The number of nitrogens with zero attached hydrogens (tertiary/aromatic N) is 2. The van der Waals surface area contributed by atoms with Gasteiger partial charge in [0.15, 0.2) is 0 Å². The van der Waals surface area contributed by atoms with Crippen LogP contribution in [-0.2, 0) is 4.79 Å². The Morgan fingerprint density at radius 1 is 0.703 bits per heavy atom. The van der Waals surface area contributed by atoms with Gasteiger partial charge in [0.25, 0.3) is 0 Å². The smallest absolute Gasteiger partial charge is 0.245 e. The number of carbonyl (C=O) groups is 1. The molecule has 0 atom stereocenters. The Hall–Kier alpha value is -3.73. The second-order valence-electron chi connectivity index (χ2n) is 9.73. The van der Waals surface area contributed by atoms with Gasteiger partial charge in [0.2, 0.25) is 5.91 Å². The predicted octanol–water partition coefficient (Wildman–Crippen LogP) is 6.44. The van der Waals surface area contributed by atoms with Crippen LogP contribution < -0.4 is 10.2 Å². The molecule has 1 heterocycles. The summed E-state index contributed by atoms with van der Waals surface area (Å²) in [6.07, 6.45) is 2.25. The van der Waals surface area contributed by atoms with Crippen LogP contribution in [0.1, 0.15) is 30.0 Å². The first kappa shape index (κ1) is 24.9. The van der Waals surface area contributed by atoms with E-state index in [0.29, 0.717) is 12.5 Å². The molecule has 0 saturated carbocycles. The number of para-hydroxylation sites is 2. The fourth-order valence-electron chi connectivity index (χ4n) is 5.35. The van der Waals surface area contributed by atoms with Crippen LogP contribution in [0.4, 0.5) is 11.4 Å². The number of anilines is 2. The van der Waals surface area contributed by atoms with Crippen molar-refractivity contribution >= 4 is 17.3 Å². The van der Waals surface area contributed by atoms with E-state index in [0.717, 1.165) is 43.9 Å². The number of nitrogens with one attached hydrogen (secondary N) is 1. The molecule has 5 rings (SSSR count). The van der Waals surface area contributed by atoms with Crippen LogP contribution in [0.25, 0.3) is 0 Å². The van der Waals surface area contributed by atoms with Crippen molar-refractivity contribution in [2.45, 2.75) is 18.9 Å². The summed E-state index contributed by atoms with van der Waals surface area (Å²) in [6, 6.07) is 41.7. The molecule has 0 radical (unpaired) electrons. The van der Waals surface area contributed by atoms with Crippen molar-refractivity contribution in [3.8, 4) is 0 Å². The number of piperidine rings is 1. The van der Waals surface area contributed by atoms with Crippen LogP contribution in [0.2, 0.25) is 0 Å². The van der Waals surface area contributed by atoms with Crippen molar-refractivity contribution in [3.05, 3.63) is 132 Å². The van der Waals surface area contributed by atoms with E-state index in [-0.39, 0.29) is 11.9 Å². The highest BCUT2D eigenvalue weighted by molar-refractivity contribution is 6.01. The largest absolute Gasteiger partial charge is 0.308 e. The number of benzene rings is 4. The van der Waals surface area contributed by atoms with Gasteiger partial charge in [0.1, 0.15) is 0 Å². The van der Waals surface area contributed by atoms with E-state index in [1.807, 2.05) is 60.7 Å². The molecule has 1 aliphatic heterocycles. The Balaban J connectivity index is 1.18. The van der Waals surface area contributed by atoms with E-state index in [2.05, 4.69) is 70.9 Å². The summed E-state index contributed by atoms with van der Waals surface area (Å²) in [5, 5.41) is 3.47. The fourth-order valence-corrected chi connectivity index (χ4v) is 5.35. The molecule has 4 nitrogen and oxygen atoms in total. The summed E-state index contributed by atoms with van der Waals surface area (Å²) in [4.78, 5) is 17.7. The minimum atomic E-state index is 0.0584. The average molecular weight is 490 g/mol. The van der Waals surface area contributed by atoms with E-state index < -0.39 is 0 Å². The average Bonchev–Trinajstić information content (AvgIpc) is 2.97. The molecule has 0 spiro atoms. The third kappa shape index (κ3) is 6.34. The van der Waals surface area contributed by atoms with E-state index in [9.17, 15) is 4.79 Å². The quantitative estimate of drug-likeness (QED) is 0.294. The third-order valence-corrected chi connectivity index (χ3v) is 7.23. The van der Waals surface area contributed by atoms with Crippen molar-refractivity contribution in [1.82, 2.24) is 10.2 Å². The molecule has 1 N–H and O–H groups in total. The third-order valence-electron chi connectivity index (χ3n) is 7.23. The van der Waals surface area contributed by atoms with E-state index in [1.165, 1.54) is 11.1 Å². The van der Waals surface area contributed by atoms with Gasteiger partial charge in [-0.25, -0.2) is 0 Å². The van der Waals surface area contributed by atoms with Gasteiger partial charge in [-0.1, -0.05) is 97.1 Å². The SMILES string of the molecule is O=C(CNCC1CCN(C(c2ccccc2)c2ccccc2)CC1)N(c1ccccc1)c1ccccc1. The predicted molar refractivity (Wildman–Crippen MR) is 152 cm³/mol. The first-order chi connectivity index (χ1) is 18.3. The lowest BCUT2D eigenvalue weighted by Crippen LogP contribution is -2.41. The van der Waals surface area contributed by atoms with Gasteiger partial charge in [-0.2, -0.15) is 0 Å². The fraction of sp³-hybridized carbons (Fsp3) is 0.242. The van der Waals surface area contributed by atoms with Crippen LogP contribution in [-0.4, -0.2) is 37.0 Å². The molecule has 1 saturated heterocycles. The maximum absolute atomic E-state index is 13.3. The molecule has 37 heavy (non-hydrogen) atoms. The minimum Gasteiger partial charge on any atom is -0.308 e. The second kappa shape index (κ2) is 12.5. The molecule has 1 fully saturated rings. The highest BCUT2D eigenvalue weighted by atomic mass is 16.2. The number of likely N-dealkylation sites (tertiary alicyclic amines) is 1. The van der Waals surface area contributed by atoms with Gasteiger partial charge in [-0.15, -0.1) is 0 Å². The summed E-state index contributed by atoms with van der Waals surface area (Å²) in [5.74, 6) is 0.626. The molecule has 1 amide bonds. The zero-order valence-corrected chi connectivity index (χ0v) is 21.2. The maximum atomic E-state index is 13.3. The molecule has 0 bridgehead atoms. The Labute approximate surface area is 220 Å². The molecule has 4 aromatic carbocycles. The summed E-state index contributed by atoms with van der Waals surface area (Å²) in [7, 11) is 0. The van der Waals surface area contributed by atoms with E-state index in [4.69, 9.17) is 0 Å². The maximum Gasteiger partial charge on any atom is 0.245 e. The van der Waals surface area contributed by atoms with Crippen molar-refractivity contribution < 1.29 is 4.79 Å². The number of hydrogen-bond donors (Lipinski definition) is 1. The highest BCUT2D eigenvalue weighted by Crippen LogP contribution is 2.32. The van der Waals surface area contributed by atoms with E-state index in [1.54, 1.807) is 4.90 Å². The van der Waals surface area contributed by atoms with Crippen LogP contribution in [0.5, 0.6) is 0 Å². The lowest BCUT2D eigenvalue weighted by Gasteiger charge is -2.38. The normalized spacial score (nSPS) is 14.5. The molecule has 0 aromatic heterocycles. The Morgan fingerprint density at radius 2 is 1.14 bits per heavy atom. The van der Waals surface area contributed by atoms with Crippen molar-refractivity contribution in [1.29, 1.82) is 0 Å². The summed E-state index contributed by atoms with van der Waals surface area (Å²) >= 11 is 0. The van der Waals surface area contributed by atoms with Gasteiger partial charge >= 0.3 is 0 Å². The number of hydrogen-bond acceptors (Lipinski definition) is 3. The van der Waals surface area contributed by atoms with Crippen molar-refractivity contribution in [2.75, 3.05) is 31.1 Å². The zero-order valence-electron chi connectivity index (χ0n) is 21.2. The first-order valence-electron chi connectivity index (χ1n) is 13.3. The summed E-state index contributed by atoms with van der Waals surface area (Å²) in [5.41, 5.74) is 4.47. The molecule has 4 heteroatoms. The zero-order chi connectivity index (χ0) is 25.3. The lowest BCUT2D eigenvalue weighted by atomic mass is 9.91. The van der Waals surface area contributed by atoms with Crippen molar-refractivity contribution in [3.63, 3.8) is 0 Å². The van der Waals surface area contributed by atoms with Gasteiger partial charge < -0.3 is 5.32 Å². The van der Waals surface area contributed by atoms with Gasteiger partial charge in [0, 0.05) is 11.4 Å². The Morgan fingerprint density at radius 3 is 1.59 bits per heavy atom. The topological polar surface area (TPSA) is 35.6 Å². The molecule has 0 unspecified atom stereocenters. The van der Waals surface area contributed by atoms with Crippen LogP contribution in [0, 0.1) is 5.92 Å². The number of carbonyl (C=O) groups excluding carboxylic acids is 1. The Kier molecular flexibility index (Phi) is 8.42. The number of amides is 1. The Bertz CT molecular complexity index is 1140. The summed E-state index contributed by atoms with van der Waals surface area (Å²) in [6.45, 7) is 3.28. The van der Waals surface area contributed by atoms with Gasteiger partial charge in [0.05, 0.1) is 12.6 Å². The minimum absolute atomic E-state index is 0.0584. The highest BCUT2D eigenvalue weighted by Gasteiger charge is 2.27. The van der Waals surface area contributed by atoms with Crippen LogP contribution in [0.15, 0.2) is 121 Å². The van der Waals surface area contributed by atoms with Gasteiger partial charge in [-0.3, -0.25) is 14.6 Å². The molecule has 4 aromatic rings. The second-order valence-corrected chi connectivity index (χ2v) is 9.73. The molecule has 0 aliphatic carbocycles. The lowest BCUT2D eigenvalue weighted by molar-refractivity contribution is -0.117. The number of rotatable bonds is 9. The van der Waals surface area contributed by atoms with E-state index >= 15 is 0 Å². The van der Waals surface area contributed by atoms with Crippen LogP contribution >= 0.6 is 0 Å². The monoisotopic (exact) mass is 489 g/mol. The molecule has 188 valence electrons. The van der Waals surface area contributed by atoms with Crippen LogP contribution in [0.3, 0.4) is 0 Å². The van der Waals surface area contributed by atoms with Crippen molar-refractivity contribution in [2.24, 2.45) is 5.92 Å². The molecular weight excluding hydrogens is 454 g/mol.